The van der Waals surface area contributed by atoms with Gasteiger partial charge in [0.15, 0.2) is 0 Å². The van der Waals surface area contributed by atoms with Crippen LogP contribution in [0.1, 0.15) is 5.56 Å². The summed E-state index contributed by atoms with van der Waals surface area (Å²) in [5.41, 5.74) is -0.811. The normalized spacial score (nSPS) is 22.5. The topological polar surface area (TPSA) is 43.5 Å². The minimum atomic E-state index is -4.51. The van der Waals surface area contributed by atoms with E-state index in [-0.39, 0.29) is 24.6 Å². The summed E-state index contributed by atoms with van der Waals surface area (Å²) >= 11 is 0. The lowest BCUT2D eigenvalue weighted by Crippen LogP contribution is -2.12. The Morgan fingerprint density at radius 2 is 1.58 bits per heavy atom. The molecule has 2 fully saturated rings. The van der Waals surface area contributed by atoms with E-state index in [9.17, 15) is 13.2 Å². The quantitative estimate of drug-likeness (QED) is 0.756. The molecule has 4 rings (SSSR count). The van der Waals surface area contributed by atoms with E-state index in [2.05, 4.69) is 0 Å². The average molecular weight is 340 g/mol. The van der Waals surface area contributed by atoms with Crippen molar-refractivity contribution in [3.8, 4) is 11.5 Å². The highest BCUT2D eigenvalue weighted by molar-refractivity contribution is 5.90. The minimum absolute atomic E-state index is 0.0310. The van der Waals surface area contributed by atoms with Crippen molar-refractivity contribution in [2.75, 3.05) is 26.4 Å². The number of benzene rings is 2. The summed E-state index contributed by atoms with van der Waals surface area (Å²) in [4.78, 5) is 0. The van der Waals surface area contributed by atoms with Gasteiger partial charge in [0.05, 0.1) is 18.8 Å². The van der Waals surface area contributed by atoms with E-state index in [1.165, 1.54) is 6.07 Å². The molecule has 2 aromatic rings. The van der Waals surface area contributed by atoms with Gasteiger partial charge in [0.2, 0.25) is 0 Å². The van der Waals surface area contributed by atoms with Crippen LogP contribution >= 0.6 is 0 Å². The predicted molar refractivity (Wildman–Crippen MR) is 79.4 cm³/mol. The van der Waals surface area contributed by atoms with Crippen LogP contribution in [0.2, 0.25) is 0 Å². The second kappa shape index (κ2) is 5.82. The summed E-state index contributed by atoms with van der Waals surface area (Å²) in [6.07, 6.45) is -4.60. The molecule has 24 heavy (non-hydrogen) atoms. The van der Waals surface area contributed by atoms with E-state index in [0.29, 0.717) is 36.3 Å². The summed E-state index contributed by atoms with van der Waals surface area (Å²) in [7, 11) is 0. The van der Waals surface area contributed by atoms with Gasteiger partial charge in [-0.3, -0.25) is 0 Å². The molecule has 4 nitrogen and oxygen atoms in total. The van der Waals surface area contributed by atoms with Gasteiger partial charge in [-0.1, -0.05) is 12.1 Å². The van der Waals surface area contributed by atoms with Crippen molar-refractivity contribution in [3.05, 3.63) is 35.9 Å². The van der Waals surface area contributed by atoms with Gasteiger partial charge < -0.3 is 18.9 Å². The second-order valence-electron chi connectivity index (χ2n) is 5.86. The molecule has 0 aliphatic carbocycles. The number of epoxide rings is 2. The highest BCUT2D eigenvalue weighted by Gasteiger charge is 2.36. The van der Waals surface area contributed by atoms with Crippen LogP contribution in [-0.2, 0) is 15.7 Å². The van der Waals surface area contributed by atoms with E-state index in [4.69, 9.17) is 18.9 Å². The maximum absolute atomic E-state index is 13.4. The third-order valence-corrected chi connectivity index (χ3v) is 3.90. The number of hydrogen-bond acceptors (Lipinski definition) is 4. The standard InChI is InChI=1S/C17H15F3O4/c18-17(19,20)14-5-13-10(4-16(14)24-9-12-7-22-12)2-1-3-15(13)23-8-11-6-21-11/h1-5,11-12H,6-9H2/t11-,12-/m1/s1. The summed E-state index contributed by atoms with van der Waals surface area (Å²) in [6.45, 7) is 1.59. The largest absolute Gasteiger partial charge is 0.490 e. The molecule has 2 heterocycles. The third-order valence-electron chi connectivity index (χ3n) is 3.90. The summed E-state index contributed by atoms with van der Waals surface area (Å²) in [5, 5.41) is 1.03. The number of halogens is 3. The van der Waals surface area contributed by atoms with Gasteiger partial charge in [0, 0.05) is 5.39 Å². The predicted octanol–water partition coefficient (Wildman–Crippen LogP) is 3.41. The van der Waals surface area contributed by atoms with Crippen molar-refractivity contribution >= 4 is 10.8 Å². The highest BCUT2D eigenvalue weighted by Crippen LogP contribution is 2.41. The van der Waals surface area contributed by atoms with Crippen molar-refractivity contribution in [2.24, 2.45) is 0 Å². The molecular weight excluding hydrogens is 325 g/mol. The van der Waals surface area contributed by atoms with Crippen LogP contribution in [0.3, 0.4) is 0 Å². The molecule has 2 aliphatic rings. The first-order valence-corrected chi connectivity index (χ1v) is 7.63. The zero-order valence-electron chi connectivity index (χ0n) is 12.6. The first-order chi connectivity index (χ1) is 11.5. The Morgan fingerprint density at radius 1 is 0.958 bits per heavy atom. The van der Waals surface area contributed by atoms with Crippen LogP contribution in [0.4, 0.5) is 13.2 Å². The molecule has 0 saturated carbocycles. The van der Waals surface area contributed by atoms with E-state index >= 15 is 0 Å². The fourth-order valence-electron chi connectivity index (χ4n) is 2.44. The van der Waals surface area contributed by atoms with E-state index in [1.54, 1.807) is 18.2 Å². The first kappa shape index (κ1) is 15.5. The number of rotatable bonds is 6. The zero-order chi connectivity index (χ0) is 16.7. The summed E-state index contributed by atoms with van der Waals surface area (Å²) in [5.74, 6) is 0.221. The molecule has 0 aromatic heterocycles. The fraction of sp³-hybridized carbons (Fsp3) is 0.412. The van der Waals surface area contributed by atoms with Crippen LogP contribution < -0.4 is 9.47 Å². The molecule has 2 aliphatic heterocycles. The second-order valence-corrected chi connectivity index (χ2v) is 5.86. The maximum Gasteiger partial charge on any atom is 0.419 e. The molecule has 0 spiro atoms. The lowest BCUT2D eigenvalue weighted by atomic mass is 10.0. The molecule has 0 radical (unpaired) electrons. The Labute approximate surface area is 136 Å². The number of ether oxygens (including phenoxy) is 4. The van der Waals surface area contributed by atoms with Gasteiger partial charge in [0.1, 0.15) is 36.9 Å². The smallest absolute Gasteiger partial charge is 0.419 e. The lowest BCUT2D eigenvalue weighted by Gasteiger charge is -2.16. The number of fused-ring (bicyclic) bond motifs is 1. The molecular formula is C17H15F3O4. The minimum Gasteiger partial charge on any atom is -0.490 e. The first-order valence-electron chi connectivity index (χ1n) is 7.63. The molecule has 2 saturated heterocycles. The Bertz CT molecular complexity index is 751. The SMILES string of the molecule is FC(F)(F)c1cc2c(OC[C@H]3CO3)cccc2cc1OC[C@H]1CO1. The van der Waals surface area contributed by atoms with Gasteiger partial charge in [0.25, 0.3) is 0 Å². The van der Waals surface area contributed by atoms with Crippen LogP contribution in [0.5, 0.6) is 11.5 Å². The molecule has 128 valence electrons. The van der Waals surface area contributed by atoms with E-state index < -0.39 is 11.7 Å². The van der Waals surface area contributed by atoms with Crippen molar-refractivity contribution in [2.45, 2.75) is 18.4 Å². The maximum atomic E-state index is 13.4. The van der Waals surface area contributed by atoms with Crippen molar-refractivity contribution in [1.82, 2.24) is 0 Å². The monoisotopic (exact) mass is 340 g/mol. The average Bonchev–Trinajstić information content (AvgIpc) is 3.44. The lowest BCUT2D eigenvalue weighted by molar-refractivity contribution is -0.138. The number of alkyl halides is 3. The Kier molecular flexibility index (Phi) is 3.77. The van der Waals surface area contributed by atoms with Gasteiger partial charge in [-0.05, 0) is 23.6 Å². The van der Waals surface area contributed by atoms with Crippen molar-refractivity contribution < 1.29 is 32.1 Å². The van der Waals surface area contributed by atoms with Gasteiger partial charge in [-0.2, -0.15) is 13.2 Å². The Hall–Kier alpha value is -1.99. The van der Waals surface area contributed by atoms with Gasteiger partial charge >= 0.3 is 6.18 Å². The highest BCUT2D eigenvalue weighted by atomic mass is 19.4. The molecule has 0 unspecified atom stereocenters. The van der Waals surface area contributed by atoms with Crippen LogP contribution in [0, 0.1) is 0 Å². The van der Waals surface area contributed by atoms with Gasteiger partial charge in [-0.25, -0.2) is 0 Å². The van der Waals surface area contributed by atoms with Gasteiger partial charge in [-0.15, -0.1) is 0 Å². The summed E-state index contributed by atoms with van der Waals surface area (Å²) in [6, 6.07) is 7.62. The van der Waals surface area contributed by atoms with E-state index in [0.717, 1.165) is 6.07 Å². The van der Waals surface area contributed by atoms with E-state index in [1.807, 2.05) is 0 Å². The van der Waals surface area contributed by atoms with Crippen LogP contribution in [-0.4, -0.2) is 38.6 Å². The third kappa shape index (κ3) is 3.42. The summed E-state index contributed by atoms with van der Waals surface area (Å²) < 4.78 is 61.2. The zero-order valence-corrected chi connectivity index (χ0v) is 12.6. The van der Waals surface area contributed by atoms with Crippen LogP contribution in [0.15, 0.2) is 30.3 Å². The Balaban J connectivity index is 1.71. The Morgan fingerprint density at radius 3 is 2.17 bits per heavy atom. The molecule has 7 heteroatoms. The van der Waals surface area contributed by atoms with Crippen molar-refractivity contribution in [1.29, 1.82) is 0 Å². The molecule has 2 atom stereocenters. The van der Waals surface area contributed by atoms with Crippen molar-refractivity contribution in [3.63, 3.8) is 0 Å². The molecule has 0 N–H and O–H groups in total. The molecule has 2 aromatic carbocycles. The number of hydrogen-bond donors (Lipinski definition) is 0. The molecule has 0 amide bonds. The molecule has 0 bridgehead atoms. The van der Waals surface area contributed by atoms with Crippen LogP contribution in [0.25, 0.3) is 10.8 Å². The fourth-order valence-corrected chi connectivity index (χ4v) is 2.44.